The maximum Gasteiger partial charge on any atom is 0.573 e. The van der Waals surface area contributed by atoms with E-state index in [0.717, 1.165) is 18.7 Å². The second kappa shape index (κ2) is 4.93. The Labute approximate surface area is 135 Å². The van der Waals surface area contributed by atoms with Crippen molar-refractivity contribution in [3.8, 4) is 17.0 Å². The van der Waals surface area contributed by atoms with Crippen LogP contribution in [0.25, 0.3) is 16.9 Å². The molecule has 2 aromatic heterocycles. The molecular formula is C16H13F3N4O. The van der Waals surface area contributed by atoms with Gasteiger partial charge >= 0.3 is 6.36 Å². The van der Waals surface area contributed by atoms with Crippen LogP contribution in [0.5, 0.6) is 5.75 Å². The molecule has 124 valence electrons. The summed E-state index contributed by atoms with van der Waals surface area (Å²) in [6, 6.07) is 9.18. The summed E-state index contributed by atoms with van der Waals surface area (Å²) in [5.74, 6) is 0.555. The minimum absolute atomic E-state index is 0.00937. The summed E-state index contributed by atoms with van der Waals surface area (Å²) in [4.78, 5) is 0. The first kappa shape index (κ1) is 14.9. The van der Waals surface area contributed by atoms with Gasteiger partial charge in [0.15, 0.2) is 11.5 Å². The fourth-order valence-electron chi connectivity index (χ4n) is 2.56. The molecule has 0 aliphatic heterocycles. The van der Waals surface area contributed by atoms with Gasteiger partial charge < -0.3 is 4.74 Å². The lowest BCUT2D eigenvalue weighted by molar-refractivity contribution is -0.274. The average molecular weight is 334 g/mol. The number of hydrogen-bond acceptors (Lipinski definition) is 4. The van der Waals surface area contributed by atoms with Crippen LogP contribution in [0.4, 0.5) is 13.2 Å². The van der Waals surface area contributed by atoms with Crippen molar-refractivity contribution in [1.29, 1.82) is 0 Å². The smallest absolute Gasteiger partial charge is 0.406 e. The molecule has 3 aromatic rings. The molecule has 0 radical (unpaired) electrons. The Balaban J connectivity index is 1.69. The zero-order valence-electron chi connectivity index (χ0n) is 12.7. The number of hydrogen-bond donors (Lipinski definition) is 0. The fourth-order valence-corrected chi connectivity index (χ4v) is 2.56. The highest BCUT2D eigenvalue weighted by Gasteiger charge is 2.43. The first-order valence-electron chi connectivity index (χ1n) is 7.43. The Bertz CT molecular complexity index is 898. The molecule has 1 saturated carbocycles. The minimum atomic E-state index is -4.70. The van der Waals surface area contributed by atoms with Crippen molar-refractivity contribution in [3.05, 3.63) is 42.2 Å². The van der Waals surface area contributed by atoms with Crippen LogP contribution >= 0.6 is 0 Å². The van der Waals surface area contributed by atoms with Crippen molar-refractivity contribution in [2.24, 2.45) is 0 Å². The quantitative estimate of drug-likeness (QED) is 0.732. The van der Waals surface area contributed by atoms with Gasteiger partial charge in [0, 0.05) is 11.0 Å². The Hall–Kier alpha value is -2.64. The third-order valence-electron chi connectivity index (χ3n) is 4.19. The average Bonchev–Trinajstić information content (AvgIpc) is 3.11. The molecule has 4 rings (SSSR count). The van der Waals surface area contributed by atoms with Gasteiger partial charge in [0.25, 0.3) is 0 Å². The predicted octanol–water partition coefficient (Wildman–Crippen LogP) is 3.74. The third kappa shape index (κ3) is 2.68. The van der Waals surface area contributed by atoms with Crippen molar-refractivity contribution in [2.75, 3.05) is 0 Å². The van der Waals surface area contributed by atoms with Crippen molar-refractivity contribution < 1.29 is 17.9 Å². The lowest BCUT2D eigenvalue weighted by Gasteiger charge is -2.09. The SMILES string of the molecule is CC1(c2nnc3ccc(-c4ccc(OC(F)(F)F)cc4)nn23)CC1. The van der Waals surface area contributed by atoms with Crippen LogP contribution in [0.1, 0.15) is 25.6 Å². The molecule has 0 N–H and O–H groups in total. The number of nitrogens with zero attached hydrogens (tertiary/aromatic N) is 4. The number of benzene rings is 1. The van der Waals surface area contributed by atoms with Crippen LogP contribution in [0.2, 0.25) is 0 Å². The standard InChI is InChI=1S/C16H13F3N4O/c1-15(8-9-15)14-21-20-13-7-6-12(22-23(13)14)10-2-4-11(5-3-10)24-16(17,18)19/h2-7H,8-9H2,1H3. The van der Waals surface area contributed by atoms with Gasteiger partial charge in [-0.2, -0.15) is 9.61 Å². The fraction of sp³-hybridized carbons (Fsp3) is 0.312. The molecule has 0 atom stereocenters. The summed E-state index contributed by atoms with van der Waals surface area (Å²) < 4.78 is 42.2. The monoisotopic (exact) mass is 334 g/mol. The third-order valence-corrected chi connectivity index (χ3v) is 4.19. The van der Waals surface area contributed by atoms with Crippen LogP contribution in [0.3, 0.4) is 0 Å². The van der Waals surface area contributed by atoms with Crippen LogP contribution in [0, 0.1) is 0 Å². The van der Waals surface area contributed by atoms with E-state index in [4.69, 9.17) is 0 Å². The summed E-state index contributed by atoms with van der Waals surface area (Å²) in [5, 5.41) is 12.9. The first-order chi connectivity index (χ1) is 11.3. The van der Waals surface area contributed by atoms with Gasteiger partial charge in [-0.05, 0) is 49.2 Å². The first-order valence-corrected chi connectivity index (χ1v) is 7.43. The van der Waals surface area contributed by atoms with Gasteiger partial charge in [0.1, 0.15) is 5.75 Å². The van der Waals surface area contributed by atoms with E-state index < -0.39 is 6.36 Å². The number of alkyl halides is 3. The molecule has 24 heavy (non-hydrogen) atoms. The van der Waals surface area contributed by atoms with E-state index in [9.17, 15) is 13.2 Å². The molecule has 1 aliphatic carbocycles. The van der Waals surface area contributed by atoms with Crippen LogP contribution < -0.4 is 4.74 Å². The normalized spacial score (nSPS) is 16.3. The van der Waals surface area contributed by atoms with Crippen molar-refractivity contribution in [3.63, 3.8) is 0 Å². The summed E-state index contributed by atoms with van der Waals surface area (Å²) in [6.07, 6.45) is -2.61. The molecule has 0 amide bonds. The lowest BCUT2D eigenvalue weighted by atomic mass is 10.1. The van der Waals surface area contributed by atoms with E-state index in [0.29, 0.717) is 16.9 Å². The molecule has 0 spiro atoms. The second-order valence-corrected chi connectivity index (χ2v) is 6.15. The molecule has 5 nitrogen and oxygen atoms in total. The molecule has 2 heterocycles. The highest BCUT2D eigenvalue weighted by molar-refractivity contribution is 5.61. The Morgan fingerprint density at radius 2 is 1.75 bits per heavy atom. The summed E-state index contributed by atoms with van der Waals surface area (Å²) >= 11 is 0. The number of rotatable bonds is 3. The molecule has 1 fully saturated rings. The summed E-state index contributed by atoms with van der Waals surface area (Å²) in [7, 11) is 0. The summed E-state index contributed by atoms with van der Waals surface area (Å²) in [6.45, 7) is 2.11. The van der Waals surface area contributed by atoms with Crippen LogP contribution in [0.15, 0.2) is 36.4 Å². The molecule has 1 aromatic carbocycles. The van der Waals surface area contributed by atoms with E-state index in [2.05, 4.69) is 27.0 Å². The zero-order valence-corrected chi connectivity index (χ0v) is 12.7. The number of ether oxygens (including phenoxy) is 1. The number of aromatic nitrogens is 4. The molecule has 8 heteroatoms. The van der Waals surface area contributed by atoms with Gasteiger partial charge in [-0.25, -0.2) is 0 Å². The van der Waals surface area contributed by atoms with Crippen molar-refractivity contribution >= 4 is 5.65 Å². The molecule has 0 unspecified atom stereocenters. The van der Waals surface area contributed by atoms with Gasteiger partial charge in [-0.3, -0.25) is 0 Å². The lowest BCUT2D eigenvalue weighted by Crippen LogP contribution is -2.16. The van der Waals surface area contributed by atoms with E-state index in [1.54, 1.807) is 16.6 Å². The van der Waals surface area contributed by atoms with E-state index in [-0.39, 0.29) is 11.2 Å². The maximum atomic E-state index is 12.2. The Kier molecular flexibility index (Phi) is 3.06. The summed E-state index contributed by atoms with van der Waals surface area (Å²) in [5.41, 5.74) is 1.98. The minimum Gasteiger partial charge on any atom is -0.406 e. The molecular weight excluding hydrogens is 321 g/mol. The molecule has 0 bridgehead atoms. The topological polar surface area (TPSA) is 52.3 Å². The van der Waals surface area contributed by atoms with Gasteiger partial charge in [0.2, 0.25) is 0 Å². The second-order valence-electron chi connectivity index (χ2n) is 6.15. The van der Waals surface area contributed by atoms with Crippen molar-refractivity contribution in [2.45, 2.75) is 31.5 Å². The van der Waals surface area contributed by atoms with Gasteiger partial charge in [-0.15, -0.1) is 23.4 Å². The van der Waals surface area contributed by atoms with Crippen LogP contribution in [-0.4, -0.2) is 26.2 Å². The highest BCUT2D eigenvalue weighted by Crippen LogP contribution is 2.46. The number of fused-ring (bicyclic) bond motifs is 1. The maximum absolute atomic E-state index is 12.2. The Morgan fingerprint density at radius 1 is 1.04 bits per heavy atom. The van der Waals surface area contributed by atoms with Gasteiger partial charge in [-0.1, -0.05) is 6.92 Å². The zero-order chi connectivity index (χ0) is 16.9. The predicted molar refractivity (Wildman–Crippen MR) is 79.5 cm³/mol. The molecule has 1 aliphatic rings. The van der Waals surface area contributed by atoms with E-state index in [1.165, 1.54) is 24.3 Å². The van der Waals surface area contributed by atoms with E-state index >= 15 is 0 Å². The largest absolute Gasteiger partial charge is 0.573 e. The highest BCUT2D eigenvalue weighted by atomic mass is 19.4. The van der Waals surface area contributed by atoms with Crippen molar-refractivity contribution in [1.82, 2.24) is 19.8 Å². The van der Waals surface area contributed by atoms with Gasteiger partial charge in [0.05, 0.1) is 5.69 Å². The van der Waals surface area contributed by atoms with Crippen LogP contribution in [-0.2, 0) is 5.41 Å². The number of halogens is 3. The van der Waals surface area contributed by atoms with E-state index in [1.807, 2.05) is 0 Å². The Morgan fingerprint density at radius 3 is 2.38 bits per heavy atom. The molecule has 0 saturated heterocycles.